The van der Waals surface area contributed by atoms with Gasteiger partial charge >= 0.3 is 0 Å². The van der Waals surface area contributed by atoms with E-state index in [1.54, 1.807) is 0 Å². The van der Waals surface area contributed by atoms with Crippen LogP contribution in [0.15, 0.2) is 0 Å². The van der Waals surface area contributed by atoms with Crippen LogP contribution in [-0.2, 0) is 9.53 Å². The monoisotopic (exact) mass is 255 g/mol. The third-order valence-electron chi connectivity index (χ3n) is 3.80. The Morgan fingerprint density at radius 3 is 2.94 bits per heavy atom. The molecule has 5 heteroatoms. The Morgan fingerprint density at radius 2 is 2.33 bits per heavy atom. The summed E-state index contributed by atoms with van der Waals surface area (Å²) in [5.74, 6) is 0.0565. The average Bonchev–Trinajstić information content (AvgIpc) is 2.76. The zero-order valence-corrected chi connectivity index (χ0v) is 11.4. The van der Waals surface area contributed by atoms with Crippen LogP contribution in [0.3, 0.4) is 0 Å². The van der Waals surface area contributed by atoms with Gasteiger partial charge in [0.05, 0.1) is 6.10 Å². The lowest BCUT2D eigenvalue weighted by molar-refractivity contribution is -0.125. The van der Waals surface area contributed by atoms with Gasteiger partial charge in [0.2, 0.25) is 5.91 Å². The Labute approximate surface area is 109 Å². The van der Waals surface area contributed by atoms with Gasteiger partial charge in [0.15, 0.2) is 0 Å². The molecule has 1 amide bonds. The van der Waals surface area contributed by atoms with E-state index >= 15 is 0 Å². The number of nitrogens with one attached hydrogen (secondary N) is 1. The predicted molar refractivity (Wildman–Crippen MR) is 70.2 cm³/mol. The van der Waals surface area contributed by atoms with Crippen LogP contribution in [0.4, 0.5) is 0 Å². The molecule has 0 radical (unpaired) electrons. The molecule has 0 aromatic carbocycles. The number of hydrogen-bond donors (Lipinski definition) is 2. The van der Waals surface area contributed by atoms with E-state index in [1.165, 1.54) is 0 Å². The molecule has 0 saturated carbocycles. The fraction of sp³-hybridized carbons (Fsp3) is 0.923. The zero-order chi connectivity index (χ0) is 13.2. The van der Waals surface area contributed by atoms with E-state index in [0.717, 1.165) is 32.5 Å². The third kappa shape index (κ3) is 3.22. The van der Waals surface area contributed by atoms with Gasteiger partial charge in [-0.2, -0.15) is 0 Å². The van der Waals surface area contributed by atoms with Gasteiger partial charge in [0.25, 0.3) is 0 Å². The quantitative estimate of drug-likeness (QED) is 0.742. The summed E-state index contributed by atoms with van der Waals surface area (Å²) in [4.78, 5) is 14.3. The van der Waals surface area contributed by atoms with Crippen LogP contribution in [0, 0.1) is 5.41 Å². The van der Waals surface area contributed by atoms with Crippen LogP contribution in [0.25, 0.3) is 0 Å². The lowest BCUT2D eigenvalue weighted by Crippen LogP contribution is -2.51. The number of amides is 1. The largest absolute Gasteiger partial charge is 0.377 e. The van der Waals surface area contributed by atoms with E-state index in [2.05, 4.69) is 24.1 Å². The SMILES string of the molecule is CC1(C)CNC(=O)C(CN)N(CC2CCCO2)C1. The van der Waals surface area contributed by atoms with Crippen molar-refractivity contribution >= 4 is 5.91 Å². The van der Waals surface area contributed by atoms with Crippen molar-refractivity contribution in [2.75, 3.05) is 32.8 Å². The first kappa shape index (κ1) is 13.8. The van der Waals surface area contributed by atoms with E-state index in [-0.39, 0.29) is 23.5 Å². The Hall–Kier alpha value is -0.650. The number of nitrogens with two attached hydrogens (primary N) is 1. The summed E-state index contributed by atoms with van der Waals surface area (Å²) in [5.41, 5.74) is 5.85. The smallest absolute Gasteiger partial charge is 0.238 e. The summed E-state index contributed by atoms with van der Waals surface area (Å²) >= 11 is 0. The first-order valence-corrected chi connectivity index (χ1v) is 6.85. The number of carbonyl (C=O) groups excluding carboxylic acids is 1. The first-order valence-electron chi connectivity index (χ1n) is 6.85. The van der Waals surface area contributed by atoms with Gasteiger partial charge in [0, 0.05) is 32.8 Å². The maximum Gasteiger partial charge on any atom is 0.238 e. The highest BCUT2D eigenvalue weighted by Crippen LogP contribution is 2.23. The van der Waals surface area contributed by atoms with Crippen molar-refractivity contribution in [2.24, 2.45) is 11.1 Å². The molecule has 2 heterocycles. The van der Waals surface area contributed by atoms with Crippen molar-refractivity contribution in [1.82, 2.24) is 10.2 Å². The second-order valence-corrected chi connectivity index (χ2v) is 6.20. The maximum atomic E-state index is 12.0. The second-order valence-electron chi connectivity index (χ2n) is 6.20. The van der Waals surface area contributed by atoms with Crippen LogP contribution in [0.2, 0.25) is 0 Å². The lowest BCUT2D eigenvalue weighted by atomic mass is 9.93. The fourth-order valence-electron chi connectivity index (χ4n) is 2.82. The minimum Gasteiger partial charge on any atom is -0.377 e. The number of carbonyl (C=O) groups is 1. The molecule has 0 aromatic heterocycles. The Balaban J connectivity index is 2.07. The molecule has 2 aliphatic heterocycles. The van der Waals surface area contributed by atoms with Gasteiger partial charge in [-0.1, -0.05) is 13.8 Å². The Kier molecular flexibility index (Phi) is 4.25. The fourth-order valence-corrected chi connectivity index (χ4v) is 2.82. The molecule has 2 aliphatic rings. The van der Waals surface area contributed by atoms with Crippen molar-refractivity contribution in [1.29, 1.82) is 0 Å². The molecule has 104 valence electrons. The number of rotatable bonds is 3. The summed E-state index contributed by atoms with van der Waals surface area (Å²) in [5, 5.41) is 2.99. The van der Waals surface area contributed by atoms with Crippen LogP contribution in [0.5, 0.6) is 0 Å². The highest BCUT2D eigenvalue weighted by Gasteiger charge is 2.36. The minimum absolute atomic E-state index is 0.0565. The molecule has 2 saturated heterocycles. The first-order chi connectivity index (χ1) is 8.52. The van der Waals surface area contributed by atoms with Gasteiger partial charge in [-0.25, -0.2) is 0 Å². The molecular formula is C13H25N3O2. The molecular weight excluding hydrogens is 230 g/mol. The second kappa shape index (κ2) is 5.55. The molecule has 2 fully saturated rings. The predicted octanol–water partition coefficient (Wildman–Crippen LogP) is -0.0493. The molecule has 3 N–H and O–H groups in total. The van der Waals surface area contributed by atoms with Gasteiger partial charge in [-0.15, -0.1) is 0 Å². The van der Waals surface area contributed by atoms with Crippen LogP contribution in [0.1, 0.15) is 26.7 Å². The van der Waals surface area contributed by atoms with Crippen LogP contribution < -0.4 is 11.1 Å². The lowest BCUT2D eigenvalue weighted by Gasteiger charge is -2.33. The van der Waals surface area contributed by atoms with E-state index in [1.807, 2.05) is 0 Å². The number of nitrogens with zero attached hydrogens (tertiary/aromatic N) is 1. The van der Waals surface area contributed by atoms with Gasteiger partial charge < -0.3 is 15.8 Å². The minimum atomic E-state index is -0.212. The van der Waals surface area contributed by atoms with E-state index in [9.17, 15) is 4.79 Å². The molecule has 0 aliphatic carbocycles. The molecule has 5 nitrogen and oxygen atoms in total. The van der Waals surface area contributed by atoms with Gasteiger partial charge in [0.1, 0.15) is 6.04 Å². The number of hydrogen-bond acceptors (Lipinski definition) is 4. The zero-order valence-electron chi connectivity index (χ0n) is 11.4. The van der Waals surface area contributed by atoms with Crippen molar-refractivity contribution in [3.05, 3.63) is 0 Å². The maximum absolute atomic E-state index is 12.0. The summed E-state index contributed by atoms with van der Waals surface area (Å²) in [7, 11) is 0. The normalized spacial score (nSPS) is 33.2. The standard InChI is InChI=1S/C13H25N3O2/c1-13(2)8-15-12(17)11(6-14)16(9-13)7-10-4-3-5-18-10/h10-11H,3-9,14H2,1-2H3,(H,15,17). The van der Waals surface area contributed by atoms with Crippen molar-refractivity contribution in [3.63, 3.8) is 0 Å². The summed E-state index contributed by atoms with van der Waals surface area (Å²) in [6.45, 7) is 7.98. The number of ether oxygens (including phenoxy) is 1. The van der Waals surface area contributed by atoms with Crippen LogP contribution >= 0.6 is 0 Å². The Bertz CT molecular complexity index is 301. The highest BCUT2D eigenvalue weighted by atomic mass is 16.5. The summed E-state index contributed by atoms with van der Waals surface area (Å²) in [6.07, 6.45) is 2.48. The van der Waals surface area contributed by atoms with E-state index < -0.39 is 0 Å². The van der Waals surface area contributed by atoms with Crippen LogP contribution in [-0.4, -0.2) is 55.7 Å². The molecule has 0 spiro atoms. The molecule has 0 aromatic rings. The van der Waals surface area contributed by atoms with Gasteiger partial charge in [-0.3, -0.25) is 9.69 Å². The molecule has 2 atom stereocenters. The van der Waals surface area contributed by atoms with Crippen molar-refractivity contribution in [2.45, 2.75) is 38.8 Å². The average molecular weight is 255 g/mol. The van der Waals surface area contributed by atoms with Gasteiger partial charge in [-0.05, 0) is 18.3 Å². The summed E-state index contributed by atoms with van der Waals surface area (Å²) in [6, 6.07) is -0.212. The van der Waals surface area contributed by atoms with E-state index in [4.69, 9.17) is 10.5 Å². The molecule has 18 heavy (non-hydrogen) atoms. The highest BCUT2D eigenvalue weighted by molar-refractivity contribution is 5.82. The Morgan fingerprint density at radius 1 is 1.56 bits per heavy atom. The van der Waals surface area contributed by atoms with E-state index in [0.29, 0.717) is 13.1 Å². The topological polar surface area (TPSA) is 67.6 Å². The molecule has 0 bridgehead atoms. The third-order valence-corrected chi connectivity index (χ3v) is 3.80. The summed E-state index contributed by atoms with van der Waals surface area (Å²) < 4.78 is 5.68. The van der Waals surface area contributed by atoms with Crippen molar-refractivity contribution in [3.8, 4) is 0 Å². The molecule has 2 unspecified atom stereocenters. The molecule has 2 rings (SSSR count). The van der Waals surface area contributed by atoms with Crippen molar-refractivity contribution < 1.29 is 9.53 Å².